The van der Waals surface area contributed by atoms with E-state index in [1.165, 1.54) is 48.2 Å². The molecule has 0 spiro atoms. The molecule has 0 radical (unpaired) electrons. The van der Waals surface area contributed by atoms with Gasteiger partial charge in [0.15, 0.2) is 17.5 Å². The van der Waals surface area contributed by atoms with Gasteiger partial charge in [0, 0.05) is 53.1 Å². The number of fused-ring (bicyclic) bond motifs is 9. The van der Waals surface area contributed by atoms with Crippen molar-refractivity contribution in [3.8, 4) is 78.7 Å². The largest absolute Gasteiger partial charge is 0.456 e. The first-order chi connectivity index (χ1) is 31.9. The molecule has 65 heavy (non-hydrogen) atoms. The van der Waals surface area contributed by atoms with Gasteiger partial charge in [0.05, 0.1) is 0 Å². The van der Waals surface area contributed by atoms with Crippen molar-refractivity contribution in [1.29, 1.82) is 0 Å². The number of aromatic nitrogens is 3. The molecule has 9 aromatic carbocycles. The normalized spacial score (nSPS) is 12.9. The van der Waals surface area contributed by atoms with Gasteiger partial charge in [-0.15, -0.1) is 11.3 Å². The van der Waals surface area contributed by atoms with E-state index in [4.69, 9.17) is 19.4 Å². The lowest BCUT2D eigenvalue weighted by atomic mass is 9.81. The Morgan fingerprint density at radius 1 is 0.354 bits per heavy atom. The highest BCUT2D eigenvalue weighted by molar-refractivity contribution is 7.25. The van der Waals surface area contributed by atoms with E-state index in [1.807, 2.05) is 18.2 Å². The summed E-state index contributed by atoms with van der Waals surface area (Å²) in [6.45, 7) is 4.68. The fraction of sp³-hybridized carbons (Fsp3) is 0.0500. The van der Waals surface area contributed by atoms with Crippen molar-refractivity contribution in [2.24, 2.45) is 0 Å². The monoisotopic (exact) mass is 849 g/mol. The van der Waals surface area contributed by atoms with Crippen LogP contribution in [0, 0.1) is 0 Å². The minimum Gasteiger partial charge on any atom is -0.456 e. The van der Waals surface area contributed by atoms with Gasteiger partial charge in [-0.2, -0.15) is 0 Å². The first-order valence-electron chi connectivity index (χ1n) is 22.1. The summed E-state index contributed by atoms with van der Waals surface area (Å²) in [5.74, 6) is 1.84. The molecule has 5 heteroatoms. The number of benzene rings is 9. The molecule has 0 atom stereocenters. The first-order valence-corrected chi connectivity index (χ1v) is 22.9. The number of rotatable bonds is 6. The van der Waals surface area contributed by atoms with Gasteiger partial charge in [0.2, 0.25) is 0 Å². The van der Waals surface area contributed by atoms with Gasteiger partial charge in [0.25, 0.3) is 0 Å². The molecule has 4 nitrogen and oxygen atoms in total. The zero-order valence-corrected chi connectivity index (χ0v) is 36.5. The SMILES string of the molecule is CC1(C)c2ccccc2-c2ccc(-c3cccc(-c4ccc5oc6cccc(-c7nc(-c8ccc(-c9ccccc9)cc8)nc(-c8cccc9sc%10ccccc%10c89)n7)c6c5c4)c3)cc21. The Morgan fingerprint density at radius 3 is 1.74 bits per heavy atom. The van der Waals surface area contributed by atoms with E-state index in [0.29, 0.717) is 17.5 Å². The zero-order chi connectivity index (χ0) is 43.2. The average Bonchev–Trinajstić information content (AvgIpc) is 4.01. The zero-order valence-electron chi connectivity index (χ0n) is 35.7. The highest BCUT2D eigenvalue weighted by atomic mass is 32.1. The molecule has 0 saturated carbocycles. The summed E-state index contributed by atoms with van der Waals surface area (Å²) >= 11 is 1.79. The minimum absolute atomic E-state index is 0.0662. The molecular weight excluding hydrogens is 811 g/mol. The third-order valence-electron chi connectivity index (χ3n) is 13.4. The summed E-state index contributed by atoms with van der Waals surface area (Å²) in [6, 6.07) is 71.3. The summed E-state index contributed by atoms with van der Waals surface area (Å²) in [6.07, 6.45) is 0. The number of furan rings is 1. The van der Waals surface area contributed by atoms with Gasteiger partial charge in [-0.1, -0.05) is 172 Å². The molecule has 1 aliphatic rings. The average molecular weight is 850 g/mol. The van der Waals surface area contributed by atoms with E-state index in [1.54, 1.807) is 11.3 Å². The van der Waals surface area contributed by atoms with Crippen LogP contribution in [0.5, 0.6) is 0 Å². The summed E-state index contributed by atoms with van der Waals surface area (Å²) in [5.41, 5.74) is 16.7. The Hall–Kier alpha value is -7.99. The first kappa shape index (κ1) is 37.6. The van der Waals surface area contributed by atoms with Crippen molar-refractivity contribution in [2.75, 3.05) is 0 Å². The van der Waals surface area contributed by atoms with Crippen LogP contribution in [0.1, 0.15) is 25.0 Å². The Labute approximate surface area is 380 Å². The van der Waals surface area contributed by atoms with Crippen LogP contribution in [-0.4, -0.2) is 15.0 Å². The van der Waals surface area contributed by atoms with Crippen molar-refractivity contribution in [3.63, 3.8) is 0 Å². The molecule has 0 aliphatic heterocycles. The quantitative estimate of drug-likeness (QED) is 0.167. The number of hydrogen-bond donors (Lipinski definition) is 0. The van der Waals surface area contributed by atoms with Crippen molar-refractivity contribution >= 4 is 53.4 Å². The Balaban J connectivity index is 0.954. The van der Waals surface area contributed by atoms with Gasteiger partial charge < -0.3 is 4.42 Å². The highest BCUT2D eigenvalue weighted by Crippen LogP contribution is 2.50. The molecule has 1 aliphatic carbocycles. The maximum absolute atomic E-state index is 6.60. The van der Waals surface area contributed by atoms with Gasteiger partial charge in [-0.25, -0.2) is 15.0 Å². The molecule has 0 amide bonds. The molecule has 0 saturated heterocycles. The predicted molar refractivity (Wildman–Crippen MR) is 270 cm³/mol. The van der Waals surface area contributed by atoms with Crippen LogP contribution >= 0.6 is 11.3 Å². The van der Waals surface area contributed by atoms with E-state index >= 15 is 0 Å². The molecule has 3 heterocycles. The molecule has 0 bridgehead atoms. The number of hydrogen-bond acceptors (Lipinski definition) is 5. The van der Waals surface area contributed by atoms with Crippen LogP contribution in [-0.2, 0) is 5.41 Å². The molecular formula is C60H39N3OS. The van der Waals surface area contributed by atoms with Crippen molar-refractivity contribution in [1.82, 2.24) is 15.0 Å². The van der Waals surface area contributed by atoms with Gasteiger partial charge in [0.1, 0.15) is 11.2 Å². The highest BCUT2D eigenvalue weighted by Gasteiger charge is 2.35. The van der Waals surface area contributed by atoms with Crippen LogP contribution < -0.4 is 0 Å². The maximum atomic E-state index is 6.60. The second-order valence-corrected chi connectivity index (χ2v) is 18.6. The third kappa shape index (κ3) is 6.07. The molecule has 0 fully saturated rings. The molecule has 0 unspecified atom stereocenters. The fourth-order valence-electron chi connectivity index (χ4n) is 10.1. The summed E-state index contributed by atoms with van der Waals surface area (Å²) in [7, 11) is 0. The summed E-state index contributed by atoms with van der Waals surface area (Å²) < 4.78 is 9.03. The smallest absolute Gasteiger partial charge is 0.164 e. The van der Waals surface area contributed by atoms with Gasteiger partial charge in [-0.3, -0.25) is 0 Å². The summed E-state index contributed by atoms with van der Waals surface area (Å²) in [5, 5.41) is 4.34. The molecule has 3 aromatic heterocycles. The standard InChI is InChI=1S/C60H39N3OS/c1-60(2)49-21-8-6-17-43(49)44-31-29-42(35-50(44)60)40-16-10-15-39(33-40)41-30-32-51-48(34-41)55-46(19-11-22-52(55)64-51)58-61-57(38-27-25-37(26-28-38)36-13-4-3-5-14-36)62-59(63-58)47-20-12-24-54-56(47)45-18-7-9-23-53(45)65-54/h3-35H,1-2H3. The van der Waals surface area contributed by atoms with E-state index in [2.05, 4.69) is 196 Å². The number of nitrogens with zero attached hydrogens (tertiary/aromatic N) is 3. The van der Waals surface area contributed by atoms with Crippen LogP contribution in [0.2, 0.25) is 0 Å². The predicted octanol–water partition coefficient (Wildman–Crippen LogP) is 16.4. The lowest BCUT2D eigenvalue weighted by Crippen LogP contribution is -2.14. The lowest BCUT2D eigenvalue weighted by Gasteiger charge is -2.22. The van der Waals surface area contributed by atoms with E-state index in [-0.39, 0.29) is 5.41 Å². The Morgan fingerprint density at radius 2 is 0.908 bits per heavy atom. The van der Waals surface area contributed by atoms with Gasteiger partial charge >= 0.3 is 0 Å². The second kappa shape index (κ2) is 14.5. The summed E-state index contributed by atoms with van der Waals surface area (Å²) in [4.78, 5) is 15.9. The maximum Gasteiger partial charge on any atom is 0.164 e. The van der Waals surface area contributed by atoms with Crippen LogP contribution in [0.15, 0.2) is 205 Å². The van der Waals surface area contributed by atoms with E-state index < -0.39 is 0 Å². The van der Waals surface area contributed by atoms with Crippen LogP contribution in [0.4, 0.5) is 0 Å². The fourth-order valence-corrected chi connectivity index (χ4v) is 11.2. The van der Waals surface area contributed by atoms with Crippen molar-refractivity contribution in [3.05, 3.63) is 211 Å². The van der Waals surface area contributed by atoms with Crippen LogP contribution in [0.3, 0.4) is 0 Å². The third-order valence-corrected chi connectivity index (χ3v) is 14.5. The molecule has 13 rings (SSSR count). The number of thiophene rings is 1. The van der Waals surface area contributed by atoms with Gasteiger partial charge in [-0.05, 0) is 98.1 Å². The minimum atomic E-state index is -0.0662. The molecule has 12 aromatic rings. The van der Waals surface area contributed by atoms with Crippen LogP contribution in [0.25, 0.3) is 121 Å². The van der Waals surface area contributed by atoms with E-state index in [0.717, 1.165) is 66.3 Å². The second-order valence-electron chi connectivity index (χ2n) is 17.5. The topological polar surface area (TPSA) is 51.8 Å². The van der Waals surface area contributed by atoms with Crippen molar-refractivity contribution in [2.45, 2.75) is 19.3 Å². The lowest BCUT2D eigenvalue weighted by molar-refractivity contribution is 0.660. The van der Waals surface area contributed by atoms with Crippen molar-refractivity contribution < 1.29 is 4.42 Å². The molecule has 306 valence electrons. The Kier molecular flexibility index (Phi) is 8.39. The molecule has 0 N–H and O–H groups in total. The van der Waals surface area contributed by atoms with E-state index in [9.17, 15) is 0 Å². The Bertz CT molecular complexity index is 3860.